The molecule has 4 rings (SSSR count). The topological polar surface area (TPSA) is 40.5 Å². The molecule has 0 aromatic heterocycles. The van der Waals surface area contributed by atoms with E-state index in [1.807, 2.05) is 0 Å². The normalized spacial score (nSPS) is 49.8. The van der Waals surface area contributed by atoms with Crippen LogP contribution in [0.2, 0.25) is 0 Å². The molecule has 2 heteroatoms. The van der Waals surface area contributed by atoms with E-state index in [4.69, 9.17) is 0 Å². The highest BCUT2D eigenvalue weighted by Crippen LogP contribution is 2.76. The first-order valence-electron chi connectivity index (χ1n) is 14.1. The minimum atomic E-state index is -0.536. The molecule has 2 nitrogen and oxygen atoms in total. The van der Waals surface area contributed by atoms with Crippen molar-refractivity contribution in [2.75, 3.05) is 0 Å². The van der Waals surface area contributed by atoms with Crippen LogP contribution in [0.15, 0.2) is 0 Å². The lowest BCUT2D eigenvalue weighted by Crippen LogP contribution is -2.70. The molecule has 0 aliphatic heterocycles. The fourth-order valence-electron chi connectivity index (χ4n) is 10.5. The Morgan fingerprint density at radius 2 is 1.53 bits per heavy atom. The molecule has 0 aromatic rings. The van der Waals surface area contributed by atoms with Gasteiger partial charge in [-0.25, -0.2) is 0 Å². The van der Waals surface area contributed by atoms with Crippen LogP contribution in [0.25, 0.3) is 0 Å². The van der Waals surface area contributed by atoms with Crippen LogP contribution < -0.4 is 0 Å². The maximum atomic E-state index is 12.2. The molecule has 0 radical (unpaired) electrons. The summed E-state index contributed by atoms with van der Waals surface area (Å²) in [5.41, 5.74) is -0.481. The molecule has 4 aliphatic carbocycles. The van der Waals surface area contributed by atoms with Gasteiger partial charge in [0.2, 0.25) is 0 Å². The van der Waals surface area contributed by atoms with E-state index in [0.29, 0.717) is 17.8 Å². The summed E-state index contributed by atoms with van der Waals surface area (Å²) >= 11 is 0. The fourth-order valence-corrected chi connectivity index (χ4v) is 10.5. The van der Waals surface area contributed by atoms with E-state index in [1.54, 1.807) is 0 Å². The average molecular weight is 447 g/mol. The van der Waals surface area contributed by atoms with Crippen molar-refractivity contribution in [1.29, 1.82) is 0 Å². The zero-order chi connectivity index (χ0) is 23.8. The van der Waals surface area contributed by atoms with Crippen molar-refractivity contribution >= 4 is 0 Å². The number of hydrogen-bond donors (Lipinski definition) is 2. The zero-order valence-electron chi connectivity index (χ0n) is 22.7. The van der Waals surface area contributed by atoms with Gasteiger partial charge >= 0.3 is 0 Å². The van der Waals surface area contributed by atoms with Crippen molar-refractivity contribution < 1.29 is 10.2 Å². The number of rotatable bonds is 5. The molecule has 0 amide bonds. The number of aliphatic hydroxyl groups is 2. The molecule has 4 saturated carbocycles. The Hall–Kier alpha value is -0.0800. The van der Waals surface area contributed by atoms with Crippen molar-refractivity contribution in [1.82, 2.24) is 0 Å². The van der Waals surface area contributed by atoms with E-state index in [-0.39, 0.29) is 21.7 Å². The standard InChI is InChI=1S/C30H54O2/c1-21(2)11-9-17-29(8,31)23-14-18-26(5)22(23)12-13-24-27(26,6)19-20-30(32)25(3,4)15-10-16-28(24,30)7/h21-24,31-32H,9-20H2,1-8H3/t22-,23+,24+,26-,27-,28-,29+,30-/m1/s1. The van der Waals surface area contributed by atoms with Crippen molar-refractivity contribution in [2.24, 2.45) is 45.3 Å². The third-order valence-electron chi connectivity index (χ3n) is 12.7. The van der Waals surface area contributed by atoms with Crippen molar-refractivity contribution in [3.63, 3.8) is 0 Å². The summed E-state index contributed by atoms with van der Waals surface area (Å²) in [5, 5.41) is 23.9. The molecule has 2 N–H and O–H groups in total. The van der Waals surface area contributed by atoms with E-state index in [1.165, 1.54) is 44.9 Å². The summed E-state index contributed by atoms with van der Waals surface area (Å²) in [7, 11) is 0. The maximum Gasteiger partial charge on any atom is 0.0754 e. The predicted molar refractivity (Wildman–Crippen MR) is 134 cm³/mol. The van der Waals surface area contributed by atoms with E-state index in [0.717, 1.165) is 38.0 Å². The van der Waals surface area contributed by atoms with E-state index in [9.17, 15) is 10.2 Å². The van der Waals surface area contributed by atoms with Gasteiger partial charge in [-0.2, -0.15) is 0 Å². The fraction of sp³-hybridized carbons (Fsp3) is 1.00. The molecular weight excluding hydrogens is 392 g/mol. The average Bonchev–Trinajstić information content (AvgIpc) is 3.03. The monoisotopic (exact) mass is 446 g/mol. The summed E-state index contributed by atoms with van der Waals surface area (Å²) in [6.45, 7) is 19.1. The Bertz CT molecular complexity index is 710. The van der Waals surface area contributed by atoms with Gasteiger partial charge in [0.05, 0.1) is 11.2 Å². The summed E-state index contributed by atoms with van der Waals surface area (Å²) in [5.74, 6) is 2.38. The van der Waals surface area contributed by atoms with Gasteiger partial charge in [0, 0.05) is 5.41 Å². The first kappa shape index (κ1) is 25.0. The van der Waals surface area contributed by atoms with Crippen LogP contribution in [0, 0.1) is 45.3 Å². The third kappa shape index (κ3) is 3.24. The van der Waals surface area contributed by atoms with Gasteiger partial charge in [-0.3, -0.25) is 0 Å². The minimum Gasteiger partial charge on any atom is -0.390 e. The predicted octanol–water partition coefficient (Wildman–Crippen LogP) is 7.75. The lowest BCUT2D eigenvalue weighted by atomic mass is 9.34. The molecule has 0 bridgehead atoms. The summed E-state index contributed by atoms with van der Waals surface area (Å²) in [6.07, 6.45) is 14.0. The van der Waals surface area contributed by atoms with Crippen LogP contribution in [0.4, 0.5) is 0 Å². The highest BCUT2D eigenvalue weighted by molar-refractivity contribution is 5.22. The molecule has 0 unspecified atom stereocenters. The number of hydrogen-bond acceptors (Lipinski definition) is 2. The highest BCUT2D eigenvalue weighted by atomic mass is 16.3. The maximum absolute atomic E-state index is 12.2. The highest BCUT2D eigenvalue weighted by Gasteiger charge is 2.72. The molecular formula is C30H54O2. The Morgan fingerprint density at radius 3 is 2.19 bits per heavy atom. The molecule has 0 heterocycles. The molecule has 0 spiro atoms. The van der Waals surface area contributed by atoms with Gasteiger partial charge in [0.15, 0.2) is 0 Å². The summed E-state index contributed by atoms with van der Waals surface area (Å²) in [4.78, 5) is 0. The van der Waals surface area contributed by atoms with E-state index in [2.05, 4.69) is 55.4 Å². The molecule has 4 fully saturated rings. The molecule has 32 heavy (non-hydrogen) atoms. The van der Waals surface area contributed by atoms with Crippen LogP contribution >= 0.6 is 0 Å². The van der Waals surface area contributed by atoms with Crippen LogP contribution in [0.5, 0.6) is 0 Å². The van der Waals surface area contributed by atoms with E-state index >= 15 is 0 Å². The van der Waals surface area contributed by atoms with Crippen LogP contribution in [-0.2, 0) is 0 Å². The van der Waals surface area contributed by atoms with Gasteiger partial charge in [-0.15, -0.1) is 0 Å². The zero-order valence-corrected chi connectivity index (χ0v) is 22.7. The molecule has 0 saturated heterocycles. The van der Waals surface area contributed by atoms with Crippen molar-refractivity contribution in [3.05, 3.63) is 0 Å². The molecule has 4 aliphatic rings. The minimum absolute atomic E-state index is 0.0113. The van der Waals surface area contributed by atoms with Crippen LogP contribution in [0.3, 0.4) is 0 Å². The van der Waals surface area contributed by atoms with Gasteiger partial charge in [-0.05, 0) is 105 Å². The first-order valence-corrected chi connectivity index (χ1v) is 14.1. The van der Waals surface area contributed by atoms with Gasteiger partial charge < -0.3 is 10.2 Å². The second-order valence-corrected chi connectivity index (χ2v) is 14.9. The lowest BCUT2D eigenvalue weighted by Gasteiger charge is -2.72. The summed E-state index contributed by atoms with van der Waals surface area (Å²) < 4.78 is 0. The molecule has 0 aromatic carbocycles. The third-order valence-corrected chi connectivity index (χ3v) is 12.7. The largest absolute Gasteiger partial charge is 0.390 e. The van der Waals surface area contributed by atoms with E-state index < -0.39 is 11.2 Å². The first-order chi connectivity index (χ1) is 14.6. The Balaban J connectivity index is 1.62. The van der Waals surface area contributed by atoms with Crippen LogP contribution in [0.1, 0.15) is 132 Å². The SMILES string of the molecule is CC(C)CCC[C@](C)(O)[C@H]1CC[C@]2(C)[C@@H]1CC[C@@H]1[C@@]3(C)CCCC(C)(C)[C@]3(O)CC[C@]12C. The molecule has 8 atom stereocenters. The second kappa shape index (κ2) is 7.71. The Labute approximate surface area is 199 Å². The lowest BCUT2D eigenvalue weighted by molar-refractivity contribution is -0.284. The summed E-state index contributed by atoms with van der Waals surface area (Å²) in [6, 6.07) is 0. The second-order valence-electron chi connectivity index (χ2n) is 14.9. The Morgan fingerprint density at radius 1 is 0.844 bits per heavy atom. The Kier molecular flexibility index (Phi) is 6.03. The smallest absolute Gasteiger partial charge is 0.0754 e. The number of fused-ring (bicyclic) bond motifs is 5. The van der Waals surface area contributed by atoms with Crippen molar-refractivity contribution in [2.45, 2.75) is 144 Å². The van der Waals surface area contributed by atoms with Crippen molar-refractivity contribution in [3.8, 4) is 0 Å². The van der Waals surface area contributed by atoms with Gasteiger partial charge in [0.1, 0.15) is 0 Å². The van der Waals surface area contributed by atoms with Crippen LogP contribution in [-0.4, -0.2) is 21.4 Å². The quantitative estimate of drug-likeness (QED) is 0.453. The molecule has 186 valence electrons. The van der Waals surface area contributed by atoms with Gasteiger partial charge in [0.25, 0.3) is 0 Å². The van der Waals surface area contributed by atoms with Gasteiger partial charge in [-0.1, -0.05) is 67.7 Å².